The van der Waals surface area contributed by atoms with Crippen LogP contribution in [0, 0.1) is 0 Å². The Balaban J connectivity index is 1.79. The Labute approximate surface area is 147 Å². The number of rotatable bonds is 3. The van der Waals surface area contributed by atoms with Crippen molar-refractivity contribution in [3.05, 3.63) is 77.5 Å². The maximum absolute atomic E-state index is 12.6. The molecular weight excluding hydrogens is 343 g/mol. The molecule has 0 unspecified atom stereocenters. The third kappa shape index (κ3) is 3.72. The molecule has 0 bridgehead atoms. The number of nitrogens with zero attached hydrogens (tertiary/aromatic N) is 2. The number of carbonyl (C=O) groups excluding carboxylic acids is 1. The van der Waals surface area contributed by atoms with Gasteiger partial charge in [-0.1, -0.05) is 24.3 Å². The van der Waals surface area contributed by atoms with E-state index < -0.39 is 17.6 Å². The van der Waals surface area contributed by atoms with Gasteiger partial charge in [0.2, 0.25) is 0 Å². The van der Waals surface area contributed by atoms with Crippen LogP contribution in [-0.4, -0.2) is 16.6 Å². The van der Waals surface area contributed by atoms with E-state index in [9.17, 15) is 18.0 Å². The maximum Gasteiger partial charge on any atom is 0.416 e. The van der Waals surface area contributed by atoms with Crippen LogP contribution < -0.4 is 5.43 Å². The van der Waals surface area contributed by atoms with Crippen molar-refractivity contribution in [2.45, 2.75) is 13.1 Å². The van der Waals surface area contributed by atoms with Crippen molar-refractivity contribution in [2.24, 2.45) is 5.10 Å². The van der Waals surface area contributed by atoms with E-state index in [2.05, 4.69) is 15.5 Å². The number of benzene rings is 2. The number of carbonyl (C=O) groups is 1. The van der Waals surface area contributed by atoms with Crippen molar-refractivity contribution >= 4 is 22.5 Å². The number of halogens is 3. The topological polar surface area (TPSA) is 54.4 Å². The molecule has 132 valence electrons. The summed E-state index contributed by atoms with van der Waals surface area (Å²) >= 11 is 0. The average molecular weight is 357 g/mol. The number of hydrogen-bond acceptors (Lipinski definition) is 3. The van der Waals surface area contributed by atoms with Crippen LogP contribution in [-0.2, 0) is 6.18 Å². The van der Waals surface area contributed by atoms with Gasteiger partial charge in [-0.15, -0.1) is 0 Å². The summed E-state index contributed by atoms with van der Waals surface area (Å²) in [5.74, 6) is -0.421. The van der Waals surface area contributed by atoms with Crippen molar-refractivity contribution in [2.75, 3.05) is 0 Å². The number of amides is 1. The van der Waals surface area contributed by atoms with Crippen LogP contribution in [0.1, 0.15) is 28.4 Å². The lowest BCUT2D eigenvalue weighted by Crippen LogP contribution is -2.19. The highest BCUT2D eigenvalue weighted by Crippen LogP contribution is 2.29. The van der Waals surface area contributed by atoms with Crippen molar-refractivity contribution in [1.29, 1.82) is 0 Å². The van der Waals surface area contributed by atoms with E-state index >= 15 is 0 Å². The number of aromatic nitrogens is 1. The minimum Gasteiger partial charge on any atom is -0.267 e. The van der Waals surface area contributed by atoms with Gasteiger partial charge in [0.05, 0.1) is 22.4 Å². The fraction of sp³-hybridized carbons (Fsp3) is 0.105. The van der Waals surface area contributed by atoms with Crippen molar-refractivity contribution in [3.8, 4) is 0 Å². The Morgan fingerprint density at radius 2 is 1.77 bits per heavy atom. The number of pyridine rings is 1. The van der Waals surface area contributed by atoms with Crippen molar-refractivity contribution in [1.82, 2.24) is 10.4 Å². The molecule has 0 aliphatic heterocycles. The Morgan fingerprint density at radius 1 is 1.04 bits per heavy atom. The fourth-order valence-electron chi connectivity index (χ4n) is 2.46. The molecule has 2 aromatic carbocycles. The summed E-state index contributed by atoms with van der Waals surface area (Å²) in [7, 11) is 0. The van der Waals surface area contributed by atoms with Gasteiger partial charge in [-0.2, -0.15) is 18.3 Å². The van der Waals surface area contributed by atoms with Gasteiger partial charge < -0.3 is 0 Å². The van der Waals surface area contributed by atoms with Gasteiger partial charge >= 0.3 is 6.18 Å². The van der Waals surface area contributed by atoms with Crippen molar-refractivity contribution in [3.63, 3.8) is 0 Å². The Bertz CT molecular complexity index is 974. The molecule has 26 heavy (non-hydrogen) atoms. The van der Waals surface area contributed by atoms with E-state index in [0.717, 1.165) is 12.1 Å². The minimum atomic E-state index is -4.39. The quantitative estimate of drug-likeness (QED) is 0.558. The first kappa shape index (κ1) is 17.6. The molecule has 0 saturated heterocycles. The minimum absolute atomic E-state index is 0.394. The van der Waals surface area contributed by atoms with Crippen LogP contribution in [0.3, 0.4) is 0 Å². The molecule has 0 saturated carbocycles. The molecule has 1 heterocycles. The summed E-state index contributed by atoms with van der Waals surface area (Å²) in [4.78, 5) is 16.6. The lowest BCUT2D eigenvalue weighted by Gasteiger charge is -2.08. The summed E-state index contributed by atoms with van der Waals surface area (Å²) in [5.41, 5.74) is 3.68. The highest BCUT2D eigenvalue weighted by molar-refractivity contribution is 6.07. The van der Waals surface area contributed by atoms with E-state index in [1.807, 2.05) is 0 Å². The van der Waals surface area contributed by atoms with Crippen molar-refractivity contribution < 1.29 is 18.0 Å². The molecule has 1 aromatic heterocycles. The molecule has 0 atom stereocenters. The standard InChI is InChI=1S/C19H14F3N3O/c1-12(13-7-9-14(10-8-13)19(20,21)22)24-25-18(26)16-4-2-6-17-15(16)5-3-11-23-17/h2-11H,1H3,(H,25,26). The van der Waals surface area contributed by atoms with Gasteiger partial charge in [0.1, 0.15) is 0 Å². The first-order valence-corrected chi connectivity index (χ1v) is 7.72. The molecular formula is C19H14F3N3O. The number of nitrogens with one attached hydrogen (secondary N) is 1. The molecule has 3 aromatic rings. The van der Waals surface area contributed by atoms with Crippen LogP contribution in [0.25, 0.3) is 10.9 Å². The summed E-state index contributed by atoms with van der Waals surface area (Å²) in [6.45, 7) is 1.60. The third-order valence-electron chi connectivity index (χ3n) is 3.85. The second-order valence-electron chi connectivity index (χ2n) is 5.59. The first-order valence-electron chi connectivity index (χ1n) is 7.72. The highest BCUT2D eigenvalue weighted by Gasteiger charge is 2.29. The molecule has 0 radical (unpaired) electrons. The van der Waals surface area contributed by atoms with Crippen LogP contribution in [0.15, 0.2) is 65.9 Å². The number of fused-ring (bicyclic) bond motifs is 1. The van der Waals surface area contributed by atoms with E-state index in [-0.39, 0.29) is 0 Å². The number of alkyl halides is 3. The zero-order valence-electron chi connectivity index (χ0n) is 13.7. The second-order valence-corrected chi connectivity index (χ2v) is 5.59. The summed E-state index contributed by atoms with van der Waals surface area (Å²) in [6.07, 6.45) is -2.75. The molecule has 0 fully saturated rings. The predicted molar refractivity (Wildman–Crippen MR) is 92.9 cm³/mol. The summed E-state index contributed by atoms with van der Waals surface area (Å²) in [5, 5.41) is 4.67. The Morgan fingerprint density at radius 3 is 2.46 bits per heavy atom. The molecule has 7 heteroatoms. The summed E-state index contributed by atoms with van der Waals surface area (Å²) < 4.78 is 37.8. The molecule has 0 spiro atoms. The lowest BCUT2D eigenvalue weighted by molar-refractivity contribution is -0.137. The molecule has 0 aliphatic rings. The zero-order valence-corrected chi connectivity index (χ0v) is 13.7. The Hall–Kier alpha value is -3.22. The first-order chi connectivity index (χ1) is 12.4. The SMILES string of the molecule is CC(=NNC(=O)c1cccc2ncccc12)c1ccc(C(F)(F)F)cc1. The lowest BCUT2D eigenvalue weighted by atomic mass is 10.1. The van der Waals surface area contributed by atoms with Gasteiger partial charge in [0.15, 0.2) is 0 Å². The monoisotopic (exact) mass is 357 g/mol. The van der Waals surface area contributed by atoms with E-state index in [1.54, 1.807) is 43.5 Å². The largest absolute Gasteiger partial charge is 0.416 e. The third-order valence-corrected chi connectivity index (χ3v) is 3.85. The maximum atomic E-state index is 12.6. The molecule has 1 N–H and O–H groups in total. The highest BCUT2D eigenvalue weighted by atomic mass is 19.4. The molecule has 0 aliphatic carbocycles. The van der Waals surface area contributed by atoms with Gasteiger partial charge in [-0.05, 0) is 42.8 Å². The number of hydrazone groups is 1. The fourth-order valence-corrected chi connectivity index (χ4v) is 2.46. The van der Waals surface area contributed by atoms with Crippen LogP contribution in [0.2, 0.25) is 0 Å². The predicted octanol–water partition coefficient (Wildman–Crippen LogP) is 4.41. The van der Waals surface area contributed by atoms with Crippen LogP contribution >= 0.6 is 0 Å². The Kier molecular flexibility index (Phi) is 4.71. The van der Waals surface area contributed by atoms with Gasteiger partial charge in [0, 0.05) is 11.6 Å². The normalized spacial score (nSPS) is 12.2. The van der Waals surface area contributed by atoms with E-state index in [4.69, 9.17) is 0 Å². The smallest absolute Gasteiger partial charge is 0.267 e. The van der Waals surface area contributed by atoms with Gasteiger partial charge in [-0.25, -0.2) is 5.43 Å². The average Bonchev–Trinajstić information content (AvgIpc) is 2.64. The number of hydrogen-bond donors (Lipinski definition) is 1. The molecule has 4 nitrogen and oxygen atoms in total. The van der Waals surface area contributed by atoms with Gasteiger partial charge in [-0.3, -0.25) is 9.78 Å². The molecule has 1 amide bonds. The van der Waals surface area contributed by atoms with E-state index in [1.165, 1.54) is 12.1 Å². The van der Waals surface area contributed by atoms with Gasteiger partial charge in [0.25, 0.3) is 5.91 Å². The summed E-state index contributed by atoms with van der Waals surface area (Å²) in [6, 6.07) is 13.3. The van der Waals surface area contributed by atoms with Crippen LogP contribution in [0.4, 0.5) is 13.2 Å². The van der Waals surface area contributed by atoms with Crippen LogP contribution in [0.5, 0.6) is 0 Å². The second kappa shape index (κ2) is 6.95. The molecule has 3 rings (SSSR count). The zero-order chi connectivity index (χ0) is 18.7. The van der Waals surface area contributed by atoms with E-state index in [0.29, 0.717) is 27.7 Å².